The van der Waals surface area contributed by atoms with Gasteiger partial charge in [0.2, 0.25) is 0 Å². The number of nitrogens with zero attached hydrogens (tertiary/aromatic N) is 1. The van der Waals surface area contributed by atoms with Gasteiger partial charge in [0.15, 0.2) is 0 Å². The molecule has 3 heteroatoms. The zero-order valence-corrected chi connectivity index (χ0v) is 13.3. The maximum Gasteiger partial charge on any atom is 0.120 e. The number of nitrogens with two attached hydrogens (primary N) is 1. The van der Waals surface area contributed by atoms with E-state index >= 15 is 0 Å². The molecule has 0 aliphatic rings. The van der Waals surface area contributed by atoms with Crippen molar-refractivity contribution in [3.63, 3.8) is 0 Å². The van der Waals surface area contributed by atoms with Crippen molar-refractivity contribution in [2.45, 2.75) is 26.3 Å². The summed E-state index contributed by atoms with van der Waals surface area (Å²) in [6.45, 7) is 4.15. The molecule has 0 aliphatic heterocycles. The summed E-state index contributed by atoms with van der Waals surface area (Å²) in [6, 6.07) is 14.7. The molecule has 0 aromatic heterocycles. The molecule has 0 saturated carbocycles. The summed E-state index contributed by atoms with van der Waals surface area (Å²) in [6.07, 6.45) is 0.866. The van der Waals surface area contributed by atoms with E-state index in [1.165, 1.54) is 16.8 Å². The third-order valence-electron chi connectivity index (χ3n) is 3.58. The van der Waals surface area contributed by atoms with Gasteiger partial charge in [-0.3, -0.25) is 0 Å². The van der Waals surface area contributed by atoms with Crippen LogP contribution in [0.5, 0.6) is 5.75 Å². The van der Waals surface area contributed by atoms with Crippen LogP contribution in [-0.4, -0.2) is 20.2 Å². The van der Waals surface area contributed by atoms with Crippen LogP contribution >= 0.6 is 0 Å². The molecule has 2 N–H and O–H groups in total. The number of hydrogen-bond donors (Lipinski definition) is 1. The van der Waals surface area contributed by atoms with E-state index in [2.05, 4.69) is 43.1 Å². The molecular formula is C18H24N2O. The smallest absolute Gasteiger partial charge is 0.120 e. The first-order valence-corrected chi connectivity index (χ1v) is 7.24. The third kappa shape index (κ3) is 3.76. The van der Waals surface area contributed by atoms with Crippen LogP contribution in [0.1, 0.15) is 18.1 Å². The van der Waals surface area contributed by atoms with Crippen LogP contribution in [0.15, 0.2) is 42.5 Å². The van der Waals surface area contributed by atoms with Crippen molar-refractivity contribution in [2.75, 3.05) is 19.1 Å². The van der Waals surface area contributed by atoms with Gasteiger partial charge in [0.25, 0.3) is 0 Å². The van der Waals surface area contributed by atoms with Crippen molar-refractivity contribution >= 4 is 11.4 Å². The van der Waals surface area contributed by atoms with Gasteiger partial charge < -0.3 is 15.4 Å². The largest absolute Gasteiger partial charge is 0.497 e. The minimum atomic E-state index is 0.143. The molecule has 2 aromatic carbocycles. The second-order valence-corrected chi connectivity index (χ2v) is 5.57. The Kier molecular flexibility index (Phi) is 4.86. The van der Waals surface area contributed by atoms with E-state index in [1.807, 2.05) is 25.1 Å². The van der Waals surface area contributed by atoms with Crippen LogP contribution in [-0.2, 0) is 6.42 Å². The lowest BCUT2D eigenvalue weighted by Crippen LogP contribution is -2.20. The third-order valence-corrected chi connectivity index (χ3v) is 3.58. The molecule has 0 heterocycles. The van der Waals surface area contributed by atoms with Gasteiger partial charge in [-0.15, -0.1) is 0 Å². The van der Waals surface area contributed by atoms with E-state index in [0.717, 1.165) is 17.9 Å². The SMILES string of the molecule is COc1cccc(N(C)c2ccc(C)cc2CC(C)N)c1. The van der Waals surface area contributed by atoms with E-state index in [4.69, 9.17) is 10.5 Å². The Hall–Kier alpha value is -2.00. The van der Waals surface area contributed by atoms with Gasteiger partial charge in [0.1, 0.15) is 5.75 Å². The number of aryl methyl sites for hydroxylation is 1. The fourth-order valence-corrected chi connectivity index (χ4v) is 2.51. The van der Waals surface area contributed by atoms with Gasteiger partial charge in [-0.05, 0) is 44.0 Å². The van der Waals surface area contributed by atoms with E-state index in [1.54, 1.807) is 7.11 Å². The van der Waals surface area contributed by atoms with Crippen LogP contribution in [0.25, 0.3) is 0 Å². The summed E-state index contributed by atoms with van der Waals surface area (Å²) < 4.78 is 5.31. The second kappa shape index (κ2) is 6.64. The van der Waals surface area contributed by atoms with Crippen molar-refractivity contribution < 1.29 is 4.74 Å². The van der Waals surface area contributed by atoms with E-state index in [9.17, 15) is 0 Å². The van der Waals surface area contributed by atoms with Crippen molar-refractivity contribution in [1.82, 2.24) is 0 Å². The summed E-state index contributed by atoms with van der Waals surface area (Å²) in [4.78, 5) is 2.18. The predicted octanol–water partition coefficient (Wildman–Crippen LogP) is 3.66. The Labute approximate surface area is 127 Å². The number of anilines is 2. The van der Waals surface area contributed by atoms with Crippen molar-refractivity contribution in [3.8, 4) is 5.75 Å². The number of benzene rings is 2. The van der Waals surface area contributed by atoms with E-state index < -0.39 is 0 Å². The summed E-state index contributed by atoms with van der Waals surface area (Å²) in [7, 11) is 3.76. The minimum absolute atomic E-state index is 0.143. The maximum atomic E-state index is 5.99. The molecule has 0 spiro atoms. The summed E-state index contributed by atoms with van der Waals surface area (Å²) in [5, 5.41) is 0. The van der Waals surface area contributed by atoms with Gasteiger partial charge in [-0.1, -0.05) is 23.8 Å². The Morgan fingerprint density at radius 2 is 1.95 bits per heavy atom. The minimum Gasteiger partial charge on any atom is -0.497 e. The van der Waals surface area contributed by atoms with E-state index in [-0.39, 0.29) is 6.04 Å². The highest BCUT2D eigenvalue weighted by molar-refractivity contribution is 5.67. The topological polar surface area (TPSA) is 38.5 Å². The fraction of sp³-hybridized carbons (Fsp3) is 0.333. The molecule has 0 fully saturated rings. The molecule has 2 aromatic rings. The van der Waals surface area contributed by atoms with Gasteiger partial charge in [0, 0.05) is 30.5 Å². The number of rotatable bonds is 5. The predicted molar refractivity (Wildman–Crippen MR) is 89.6 cm³/mol. The number of ether oxygens (including phenoxy) is 1. The molecule has 0 amide bonds. The van der Waals surface area contributed by atoms with Crippen molar-refractivity contribution in [2.24, 2.45) is 5.73 Å². The average molecular weight is 284 g/mol. The van der Waals surface area contributed by atoms with Crippen LogP contribution in [0, 0.1) is 6.92 Å². The molecule has 1 atom stereocenters. The number of methoxy groups -OCH3 is 1. The molecule has 112 valence electrons. The Morgan fingerprint density at radius 1 is 1.19 bits per heavy atom. The lowest BCUT2D eigenvalue weighted by Gasteiger charge is -2.24. The zero-order valence-electron chi connectivity index (χ0n) is 13.3. The molecule has 2 rings (SSSR count). The highest BCUT2D eigenvalue weighted by Crippen LogP contribution is 2.30. The maximum absolute atomic E-state index is 5.99. The second-order valence-electron chi connectivity index (χ2n) is 5.57. The first-order valence-electron chi connectivity index (χ1n) is 7.24. The standard InChI is InChI=1S/C18H24N2O/c1-13-8-9-18(15(10-13)11-14(2)19)20(3)16-6-5-7-17(12-16)21-4/h5-10,12,14H,11,19H2,1-4H3. The molecule has 21 heavy (non-hydrogen) atoms. The summed E-state index contributed by atoms with van der Waals surface area (Å²) in [5.74, 6) is 0.861. The summed E-state index contributed by atoms with van der Waals surface area (Å²) >= 11 is 0. The molecule has 0 bridgehead atoms. The van der Waals surface area contributed by atoms with Crippen LogP contribution in [0.3, 0.4) is 0 Å². The fourth-order valence-electron chi connectivity index (χ4n) is 2.51. The molecular weight excluding hydrogens is 260 g/mol. The molecule has 0 aliphatic carbocycles. The highest BCUT2D eigenvalue weighted by Gasteiger charge is 2.11. The van der Waals surface area contributed by atoms with E-state index in [0.29, 0.717) is 0 Å². The monoisotopic (exact) mass is 284 g/mol. The van der Waals surface area contributed by atoms with Gasteiger partial charge in [0.05, 0.1) is 7.11 Å². The molecule has 1 unspecified atom stereocenters. The first kappa shape index (κ1) is 15.4. The summed E-state index contributed by atoms with van der Waals surface area (Å²) in [5.41, 5.74) is 10.8. The number of hydrogen-bond acceptors (Lipinski definition) is 3. The Balaban J connectivity index is 2.39. The quantitative estimate of drug-likeness (QED) is 0.910. The normalized spacial score (nSPS) is 12.0. The van der Waals surface area contributed by atoms with Crippen molar-refractivity contribution in [1.29, 1.82) is 0 Å². The van der Waals surface area contributed by atoms with Gasteiger partial charge in [-0.25, -0.2) is 0 Å². The lowest BCUT2D eigenvalue weighted by atomic mass is 10.0. The average Bonchev–Trinajstić information content (AvgIpc) is 2.46. The molecule has 0 saturated heterocycles. The van der Waals surface area contributed by atoms with Crippen LogP contribution in [0.2, 0.25) is 0 Å². The zero-order chi connectivity index (χ0) is 15.4. The van der Waals surface area contributed by atoms with Gasteiger partial charge >= 0.3 is 0 Å². The first-order chi connectivity index (χ1) is 10.0. The lowest BCUT2D eigenvalue weighted by molar-refractivity contribution is 0.415. The van der Waals surface area contributed by atoms with Gasteiger partial charge in [-0.2, -0.15) is 0 Å². The molecule has 3 nitrogen and oxygen atoms in total. The van der Waals surface area contributed by atoms with Crippen molar-refractivity contribution in [3.05, 3.63) is 53.6 Å². The Bertz CT molecular complexity index is 608. The Morgan fingerprint density at radius 3 is 2.62 bits per heavy atom. The molecule has 0 radical (unpaired) electrons. The van der Waals surface area contributed by atoms with Crippen LogP contribution < -0.4 is 15.4 Å². The highest BCUT2D eigenvalue weighted by atomic mass is 16.5. The van der Waals surface area contributed by atoms with Crippen LogP contribution in [0.4, 0.5) is 11.4 Å².